The minimum atomic E-state index is 0.474. The zero-order chi connectivity index (χ0) is 14.5. The molecular formula is C16H22N4O. The summed E-state index contributed by atoms with van der Waals surface area (Å²) in [5.74, 6) is 0.772. The number of nitrogens with zero attached hydrogens (tertiary/aromatic N) is 3. The van der Waals surface area contributed by atoms with E-state index in [0.29, 0.717) is 12.1 Å². The first-order chi connectivity index (χ1) is 10.3. The Labute approximate surface area is 125 Å². The minimum Gasteiger partial charge on any atom is -0.343 e. The van der Waals surface area contributed by atoms with Crippen molar-refractivity contribution in [1.82, 2.24) is 20.4 Å². The maximum absolute atomic E-state index is 4.84. The third kappa shape index (κ3) is 3.68. The predicted octanol–water partition coefficient (Wildman–Crippen LogP) is 1.86. The number of aromatic nitrogens is 2. The van der Waals surface area contributed by atoms with Crippen LogP contribution >= 0.6 is 0 Å². The third-order valence-electron chi connectivity index (χ3n) is 4.16. The molecule has 1 aliphatic rings. The van der Waals surface area contributed by atoms with Gasteiger partial charge in [-0.1, -0.05) is 42.4 Å². The van der Waals surface area contributed by atoms with Crippen molar-refractivity contribution < 1.29 is 4.52 Å². The molecule has 0 bridgehead atoms. The first kappa shape index (κ1) is 14.2. The van der Waals surface area contributed by atoms with Crippen molar-refractivity contribution >= 4 is 0 Å². The lowest BCUT2D eigenvalue weighted by Crippen LogP contribution is -2.56. The Morgan fingerprint density at radius 3 is 2.90 bits per heavy atom. The first-order valence-electron chi connectivity index (χ1n) is 7.61. The second-order valence-electron chi connectivity index (χ2n) is 5.63. The van der Waals surface area contributed by atoms with E-state index in [1.165, 1.54) is 12.0 Å². The Morgan fingerprint density at radius 2 is 2.19 bits per heavy atom. The molecule has 0 radical (unpaired) electrons. The Kier molecular flexibility index (Phi) is 4.62. The Hall–Kier alpha value is -1.72. The van der Waals surface area contributed by atoms with Gasteiger partial charge in [0.2, 0.25) is 6.39 Å². The molecule has 2 aromatic rings. The largest absolute Gasteiger partial charge is 0.343 e. The molecule has 1 saturated heterocycles. The van der Waals surface area contributed by atoms with Crippen molar-refractivity contribution in [3.05, 3.63) is 48.1 Å². The van der Waals surface area contributed by atoms with Gasteiger partial charge in [0.1, 0.15) is 0 Å². The molecule has 0 amide bonds. The molecule has 3 rings (SSSR count). The highest BCUT2D eigenvalue weighted by molar-refractivity contribution is 5.16. The summed E-state index contributed by atoms with van der Waals surface area (Å²) >= 11 is 0. The molecule has 5 heteroatoms. The van der Waals surface area contributed by atoms with Crippen LogP contribution in [0.5, 0.6) is 0 Å². The topological polar surface area (TPSA) is 54.2 Å². The van der Waals surface area contributed by atoms with E-state index >= 15 is 0 Å². The smallest absolute Gasteiger partial charge is 0.213 e. The molecule has 112 valence electrons. The predicted molar refractivity (Wildman–Crippen MR) is 80.7 cm³/mol. The van der Waals surface area contributed by atoms with Crippen LogP contribution < -0.4 is 5.32 Å². The summed E-state index contributed by atoms with van der Waals surface area (Å²) in [4.78, 5) is 6.62. The lowest BCUT2D eigenvalue weighted by Gasteiger charge is -2.39. The molecule has 21 heavy (non-hydrogen) atoms. The van der Waals surface area contributed by atoms with Gasteiger partial charge >= 0.3 is 0 Å². The van der Waals surface area contributed by atoms with E-state index in [4.69, 9.17) is 4.52 Å². The van der Waals surface area contributed by atoms with E-state index < -0.39 is 0 Å². The Bertz CT molecular complexity index is 528. The quantitative estimate of drug-likeness (QED) is 0.909. The third-order valence-corrected chi connectivity index (χ3v) is 4.16. The van der Waals surface area contributed by atoms with Crippen molar-refractivity contribution in [2.24, 2.45) is 0 Å². The summed E-state index contributed by atoms with van der Waals surface area (Å²) in [6, 6.07) is 11.7. The number of nitrogens with one attached hydrogen (secondary N) is 1. The summed E-state index contributed by atoms with van der Waals surface area (Å²) in [7, 11) is 0. The summed E-state index contributed by atoms with van der Waals surface area (Å²) in [6.07, 6.45) is 3.59. The fourth-order valence-electron chi connectivity index (χ4n) is 3.00. The molecule has 5 nitrogen and oxygen atoms in total. The first-order valence-corrected chi connectivity index (χ1v) is 7.61. The van der Waals surface area contributed by atoms with Gasteiger partial charge in [-0.15, -0.1) is 0 Å². The molecule has 1 fully saturated rings. The van der Waals surface area contributed by atoms with Crippen molar-refractivity contribution in [2.45, 2.75) is 38.4 Å². The van der Waals surface area contributed by atoms with Crippen molar-refractivity contribution in [3.63, 3.8) is 0 Å². The monoisotopic (exact) mass is 286 g/mol. The lowest BCUT2D eigenvalue weighted by atomic mass is 10.0. The van der Waals surface area contributed by atoms with Crippen LogP contribution in [0.2, 0.25) is 0 Å². The summed E-state index contributed by atoms with van der Waals surface area (Å²) in [6.45, 7) is 5.03. The maximum atomic E-state index is 4.84. The molecule has 1 aliphatic heterocycles. The standard InChI is InChI=1S/C16H22N4O/c1-2-15-9-17-14(8-13-6-4-3-5-7-13)10-20(15)11-16-18-12-21-19-16/h3-7,12,14-15,17H,2,8-11H2,1H3. The maximum Gasteiger partial charge on any atom is 0.213 e. The van der Waals surface area contributed by atoms with Crippen LogP contribution in [-0.4, -0.2) is 40.2 Å². The average Bonchev–Trinajstić information content (AvgIpc) is 3.02. The molecule has 1 N–H and O–H groups in total. The molecule has 0 spiro atoms. The Balaban J connectivity index is 1.63. The summed E-state index contributed by atoms with van der Waals surface area (Å²) in [5, 5.41) is 7.61. The van der Waals surface area contributed by atoms with Crippen LogP contribution in [-0.2, 0) is 13.0 Å². The van der Waals surface area contributed by atoms with Gasteiger partial charge in [0.25, 0.3) is 0 Å². The van der Waals surface area contributed by atoms with Gasteiger partial charge in [-0.2, -0.15) is 4.98 Å². The van der Waals surface area contributed by atoms with Crippen LogP contribution in [0.25, 0.3) is 0 Å². The van der Waals surface area contributed by atoms with Gasteiger partial charge in [0, 0.05) is 25.2 Å². The summed E-state index contributed by atoms with van der Waals surface area (Å²) < 4.78 is 4.84. The second-order valence-corrected chi connectivity index (χ2v) is 5.63. The molecule has 1 aromatic heterocycles. The SMILES string of the molecule is CCC1CNC(Cc2ccccc2)CN1Cc1ncon1. The Morgan fingerprint density at radius 1 is 1.33 bits per heavy atom. The van der Waals surface area contributed by atoms with Gasteiger partial charge in [-0.05, 0) is 18.4 Å². The second kappa shape index (κ2) is 6.83. The van der Waals surface area contributed by atoms with Gasteiger partial charge in [-0.25, -0.2) is 0 Å². The molecule has 2 unspecified atom stereocenters. The van der Waals surface area contributed by atoms with Crippen LogP contribution in [0.4, 0.5) is 0 Å². The van der Waals surface area contributed by atoms with Crippen molar-refractivity contribution in [3.8, 4) is 0 Å². The number of benzene rings is 1. The number of hydrogen-bond donors (Lipinski definition) is 1. The van der Waals surface area contributed by atoms with Crippen LogP contribution in [0.15, 0.2) is 41.2 Å². The highest BCUT2D eigenvalue weighted by atomic mass is 16.5. The van der Waals surface area contributed by atoms with Gasteiger partial charge in [-0.3, -0.25) is 4.90 Å². The highest BCUT2D eigenvalue weighted by Gasteiger charge is 2.27. The van der Waals surface area contributed by atoms with Crippen LogP contribution in [0.3, 0.4) is 0 Å². The van der Waals surface area contributed by atoms with Gasteiger partial charge in [0.05, 0.1) is 6.54 Å². The number of hydrogen-bond acceptors (Lipinski definition) is 5. The van der Waals surface area contributed by atoms with Crippen molar-refractivity contribution in [1.29, 1.82) is 0 Å². The molecule has 1 aromatic carbocycles. The number of piperazine rings is 1. The van der Waals surface area contributed by atoms with E-state index in [9.17, 15) is 0 Å². The van der Waals surface area contributed by atoms with E-state index in [2.05, 4.69) is 57.6 Å². The number of rotatable bonds is 5. The average molecular weight is 286 g/mol. The fraction of sp³-hybridized carbons (Fsp3) is 0.500. The van der Waals surface area contributed by atoms with Crippen LogP contribution in [0.1, 0.15) is 24.7 Å². The minimum absolute atomic E-state index is 0.474. The van der Waals surface area contributed by atoms with E-state index in [1.54, 1.807) is 0 Å². The normalized spacial score (nSPS) is 23.3. The molecular weight excluding hydrogens is 264 g/mol. The zero-order valence-corrected chi connectivity index (χ0v) is 12.4. The molecule has 2 heterocycles. The van der Waals surface area contributed by atoms with Crippen LogP contribution in [0, 0.1) is 0 Å². The molecule has 0 saturated carbocycles. The molecule has 2 atom stereocenters. The molecule has 0 aliphatic carbocycles. The lowest BCUT2D eigenvalue weighted by molar-refractivity contribution is 0.114. The van der Waals surface area contributed by atoms with E-state index in [-0.39, 0.29) is 0 Å². The van der Waals surface area contributed by atoms with E-state index in [1.807, 2.05) is 0 Å². The van der Waals surface area contributed by atoms with Crippen molar-refractivity contribution in [2.75, 3.05) is 13.1 Å². The highest BCUT2D eigenvalue weighted by Crippen LogP contribution is 2.15. The zero-order valence-electron chi connectivity index (χ0n) is 12.4. The summed E-state index contributed by atoms with van der Waals surface area (Å²) in [5.41, 5.74) is 1.38. The fourth-order valence-corrected chi connectivity index (χ4v) is 3.00. The van der Waals surface area contributed by atoms with E-state index in [0.717, 1.165) is 38.3 Å². The van der Waals surface area contributed by atoms with Gasteiger partial charge < -0.3 is 9.84 Å². The van der Waals surface area contributed by atoms with Gasteiger partial charge in [0.15, 0.2) is 5.82 Å².